The van der Waals surface area contributed by atoms with Gasteiger partial charge >= 0.3 is 0 Å². The van der Waals surface area contributed by atoms with E-state index >= 15 is 0 Å². The van der Waals surface area contributed by atoms with Crippen LogP contribution in [0.4, 0.5) is 5.69 Å². The van der Waals surface area contributed by atoms with Gasteiger partial charge in [0.05, 0.1) is 24.8 Å². The van der Waals surface area contributed by atoms with Crippen molar-refractivity contribution in [2.24, 2.45) is 5.73 Å². The third kappa shape index (κ3) is 4.57. The van der Waals surface area contributed by atoms with E-state index in [1.54, 1.807) is 12.1 Å². The lowest BCUT2D eigenvalue weighted by atomic mass is 9.82. The molecule has 0 aromatic heterocycles. The number of amides is 2. The maximum Gasteiger partial charge on any atom is 0.265 e. The molecule has 3 aromatic rings. The number of fused-ring (bicyclic) bond motifs is 1. The van der Waals surface area contributed by atoms with Gasteiger partial charge in [0.15, 0.2) is 17.5 Å². The number of nitrogens with two attached hydrogens (primary N) is 1. The van der Waals surface area contributed by atoms with Crippen molar-refractivity contribution in [2.45, 2.75) is 35.4 Å². The van der Waals surface area contributed by atoms with E-state index in [9.17, 15) is 23.1 Å². The first-order valence-corrected chi connectivity index (χ1v) is 14.8. The van der Waals surface area contributed by atoms with Gasteiger partial charge in [0.1, 0.15) is 11.6 Å². The van der Waals surface area contributed by atoms with E-state index in [1.165, 1.54) is 67.7 Å². The summed E-state index contributed by atoms with van der Waals surface area (Å²) in [7, 11) is -1.81. The largest absolute Gasteiger partial charge is 0.493 e. The summed E-state index contributed by atoms with van der Waals surface area (Å²) >= 11 is 12.9. The van der Waals surface area contributed by atoms with Crippen LogP contribution in [0.1, 0.15) is 24.0 Å². The van der Waals surface area contributed by atoms with Crippen LogP contribution in [0.5, 0.6) is 11.5 Å². The Bertz CT molecular complexity index is 1650. The van der Waals surface area contributed by atoms with E-state index in [1.807, 2.05) is 0 Å². The van der Waals surface area contributed by atoms with Gasteiger partial charge in [-0.15, -0.1) is 0 Å². The van der Waals surface area contributed by atoms with Gasteiger partial charge in [0.25, 0.3) is 15.9 Å². The molecule has 41 heavy (non-hydrogen) atoms. The third-order valence-electron chi connectivity index (χ3n) is 7.53. The van der Waals surface area contributed by atoms with Gasteiger partial charge in [-0.1, -0.05) is 41.4 Å². The number of sulfonamides is 1. The van der Waals surface area contributed by atoms with Gasteiger partial charge in [-0.3, -0.25) is 9.59 Å². The second-order valence-electron chi connectivity index (χ2n) is 9.72. The number of hydrogen-bond donors (Lipinski definition) is 2. The molecule has 3 aromatic carbocycles. The highest BCUT2D eigenvalue weighted by molar-refractivity contribution is 7.93. The van der Waals surface area contributed by atoms with Gasteiger partial charge in [0, 0.05) is 33.8 Å². The Morgan fingerprint density at radius 2 is 1.71 bits per heavy atom. The lowest BCUT2D eigenvalue weighted by molar-refractivity contribution is -0.141. The molecule has 1 fully saturated rings. The number of carbonyl (C=O) groups is 2. The predicted molar refractivity (Wildman–Crippen MR) is 153 cm³/mol. The summed E-state index contributed by atoms with van der Waals surface area (Å²) in [4.78, 5) is 27.7. The van der Waals surface area contributed by atoms with E-state index < -0.39 is 39.5 Å². The van der Waals surface area contributed by atoms with E-state index in [2.05, 4.69) is 0 Å². The number of anilines is 1. The lowest BCUT2D eigenvalue weighted by Crippen LogP contribution is -2.59. The van der Waals surface area contributed by atoms with Gasteiger partial charge < -0.3 is 25.2 Å². The average molecular weight is 621 g/mol. The summed E-state index contributed by atoms with van der Waals surface area (Å²) in [6.07, 6.45) is 0.775. The Morgan fingerprint density at radius 3 is 2.37 bits per heavy atom. The molecule has 1 unspecified atom stereocenters. The van der Waals surface area contributed by atoms with Crippen LogP contribution < -0.4 is 19.5 Å². The van der Waals surface area contributed by atoms with Crippen LogP contribution in [-0.4, -0.2) is 63.1 Å². The molecule has 2 heterocycles. The van der Waals surface area contributed by atoms with Gasteiger partial charge in [-0.25, -0.2) is 12.7 Å². The first-order chi connectivity index (χ1) is 19.5. The van der Waals surface area contributed by atoms with Crippen molar-refractivity contribution in [3.05, 3.63) is 81.8 Å². The molecule has 10 nitrogen and oxygen atoms in total. The number of carbonyl (C=O) groups excluding carboxylic acids is 2. The number of primary amides is 1. The van der Waals surface area contributed by atoms with Crippen molar-refractivity contribution < 1.29 is 32.6 Å². The summed E-state index contributed by atoms with van der Waals surface area (Å²) < 4.78 is 40.4. The van der Waals surface area contributed by atoms with Crippen LogP contribution in [0.15, 0.2) is 65.6 Å². The van der Waals surface area contributed by atoms with Crippen molar-refractivity contribution in [1.82, 2.24) is 4.90 Å². The SMILES string of the molecule is COc1ccc(S(=O)(=O)N2c3ccc(Cl)cc3[C@](O)(c3ccccc3Cl)C2C(=O)N2CCC[C@@H]2C(N)=O)cc1OC. The first kappa shape index (κ1) is 29.0. The third-order valence-corrected chi connectivity index (χ3v) is 9.87. The van der Waals surface area contributed by atoms with Crippen molar-refractivity contribution in [2.75, 3.05) is 25.1 Å². The number of methoxy groups -OCH3 is 2. The van der Waals surface area contributed by atoms with Crippen molar-refractivity contribution in [3.8, 4) is 11.5 Å². The molecule has 0 saturated carbocycles. The molecule has 0 bridgehead atoms. The number of aliphatic hydroxyl groups is 1. The zero-order chi connectivity index (χ0) is 29.7. The lowest BCUT2D eigenvalue weighted by Gasteiger charge is -2.38. The van der Waals surface area contributed by atoms with Crippen molar-refractivity contribution in [3.63, 3.8) is 0 Å². The molecule has 2 aliphatic rings. The number of likely N-dealkylation sites (tertiary alicyclic amines) is 1. The summed E-state index contributed by atoms with van der Waals surface area (Å²) in [5.41, 5.74) is 3.46. The number of hydrogen-bond acceptors (Lipinski definition) is 7. The Morgan fingerprint density at radius 1 is 1.00 bits per heavy atom. The van der Waals surface area contributed by atoms with E-state index in [0.29, 0.717) is 18.6 Å². The topological polar surface area (TPSA) is 139 Å². The Labute approximate surface area is 247 Å². The van der Waals surface area contributed by atoms with Gasteiger partial charge in [0.2, 0.25) is 5.91 Å². The minimum absolute atomic E-state index is 0.0137. The smallest absolute Gasteiger partial charge is 0.265 e. The molecule has 0 spiro atoms. The highest BCUT2D eigenvalue weighted by Crippen LogP contribution is 2.53. The summed E-state index contributed by atoms with van der Waals surface area (Å²) in [5, 5.41) is 12.9. The predicted octanol–water partition coefficient (Wildman–Crippen LogP) is 3.30. The van der Waals surface area contributed by atoms with Crippen molar-refractivity contribution in [1.29, 1.82) is 0 Å². The standard InChI is InChI=1S/C28H27Cl2N3O7S/c1-39-23-12-10-17(15-24(23)40-2)41(37,38)33-21-11-9-16(29)14-19(21)28(36,18-6-3-4-7-20(18)30)25(33)27(35)32-13-5-8-22(32)26(31)34/h3-4,6-7,9-12,14-15,22,25,36H,5,8,13H2,1-2H3,(H2,31,34)/t22-,25?,28-/m1/s1. The highest BCUT2D eigenvalue weighted by atomic mass is 35.5. The quantitative estimate of drug-likeness (QED) is 0.413. The maximum atomic E-state index is 14.5. The zero-order valence-corrected chi connectivity index (χ0v) is 24.4. The molecule has 13 heteroatoms. The first-order valence-electron chi connectivity index (χ1n) is 12.6. The molecule has 3 atom stereocenters. The van der Waals surface area contributed by atoms with Crippen LogP contribution in [0.2, 0.25) is 10.0 Å². The maximum absolute atomic E-state index is 14.5. The fourth-order valence-corrected chi connectivity index (χ4v) is 7.76. The Hall–Kier alpha value is -3.51. The second kappa shape index (κ2) is 10.7. The minimum atomic E-state index is -4.59. The summed E-state index contributed by atoms with van der Waals surface area (Å²) in [6, 6.07) is 11.8. The van der Waals surface area contributed by atoms with E-state index in [-0.39, 0.29) is 44.0 Å². The normalized spacial score (nSPS) is 22.0. The van der Waals surface area contributed by atoms with Crippen molar-refractivity contribution >= 4 is 50.7 Å². The average Bonchev–Trinajstić information content (AvgIpc) is 3.55. The molecule has 2 amide bonds. The van der Waals surface area contributed by atoms with Crippen LogP contribution in [0.3, 0.4) is 0 Å². The number of benzene rings is 3. The minimum Gasteiger partial charge on any atom is -0.493 e. The molecule has 1 saturated heterocycles. The van der Waals surface area contributed by atoms with E-state index in [4.69, 9.17) is 38.4 Å². The fourth-order valence-electron chi connectivity index (χ4n) is 5.65. The summed E-state index contributed by atoms with van der Waals surface area (Å²) in [5.74, 6) is -1.11. The molecular formula is C28H27Cl2N3O7S. The molecule has 2 aliphatic heterocycles. The Balaban J connectivity index is 1.80. The molecule has 3 N–H and O–H groups in total. The number of rotatable bonds is 7. The number of halogens is 2. The van der Waals surface area contributed by atoms with Gasteiger partial charge in [-0.2, -0.15) is 0 Å². The van der Waals surface area contributed by atoms with Crippen LogP contribution in [0, 0.1) is 0 Å². The van der Waals surface area contributed by atoms with Crippen LogP contribution in [-0.2, 0) is 25.2 Å². The molecular weight excluding hydrogens is 593 g/mol. The fraction of sp³-hybridized carbons (Fsp3) is 0.286. The summed E-state index contributed by atoms with van der Waals surface area (Å²) in [6.45, 7) is 0.142. The molecule has 216 valence electrons. The Kier molecular flexibility index (Phi) is 7.58. The number of ether oxygens (including phenoxy) is 2. The molecule has 0 aliphatic carbocycles. The highest BCUT2D eigenvalue weighted by Gasteiger charge is 2.61. The molecule has 0 radical (unpaired) electrons. The monoisotopic (exact) mass is 619 g/mol. The van der Waals surface area contributed by atoms with E-state index in [0.717, 1.165) is 4.31 Å². The van der Waals surface area contributed by atoms with Gasteiger partial charge in [-0.05, 0) is 49.2 Å². The zero-order valence-electron chi connectivity index (χ0n) is 22.1. The number of nitrogens with zero attached hydrogens (tertiary/aromatic N) is 2. The van der Waals surface area contributed by atoms with Crippen LogP contribution in [0.25, 0.3) is 0 Å². The second-order valence-corrected chi connectivity index (χ2v) is 12.4. The molecule has 5 rings (SSSR count). The van der Waals surface area contributed by atoms with Crippen LogP contribution >= 0.6 is 23.2 Å².